The van der Waals surface area contributed by atoms with Crippen LogP contribution in [0, 0.1) is 6.92 Å². The van der Waals surface area contributed by atoms with Crippen LogP contribution in [0.15, 0.2) is 53.7 Å². The number of urea groups is 1. The van der Waals surface area contributed by atoms with Gasteiger partial charge in [0.2, 0.25) is 0 Å². The van der Waals surface area contributed by atoms with E-state index in [0.29, 0.717) is 0 Å². The van der Waals surface area contributed by atoms with E-state index in [2.05, 4.69) is 4.99 Å². The molecule has 3 rings (SSSR count). The van der Waals surface area contributed by atoms with Gasteiger partial charge < -0.3 is 5.32 Å². The first-order chi connectivity index (χ1) is 10.3. The zero-order valence-electron chi connectivity index (χ0n) is 11.6. The standard InChI is InChI=1S/C15H12F3N3O/c1-10-5-7-11(8-6-10)14(15(16,17)18)19-12-4-2-3-9-21(12)13(22)20-14/h2-9H,1H3,(H,20,22). The minimum atomic E-state index is -4.77. The lowest BCUT2D eigenvalue weighted by Gasteiger charge is -2.39. The number of alkyl halides is 3. The van der Waals surface area contributed by atoms with E-state index >= 15 is 0 Å². The Kier molecular flexibility index (Phi) is 3.09. The van der Waals surface area contributed by atoms with Crippen LogP contribution in [0.1, 0.15) is 11.1 Å². The molecule has 0 aromatic heterocycles. The van der Waals surface area contributed by atoms with Crippen molar-refractivity contribution in [3.63, 3.8) is 0 Å². The fourth-order valence-electron chi connectivity index (χ4n) is 2.34. The van der Waals surface area contributed by atoms with Crippen LogP contribution >= 0.6 is 0 Å². The van der Waals surface area contributed by atoms with Gasteiger partial charge in [-0.25, -0.2) is 9.79 Å². The summed E-state index contributed by atoms with van der Waals surface area (Å²) in [5.41, 5.74) is -2.09. The fourth-order valence-corrected chi connectivity index (χ4v) is 2.34. The second-order valence-corrected chi connectivity index (χ2v) is 5.04. The molecule has 2 heterocycles. The van der Waals surface area contributed by atoms with Crippen molar-refractivity contribution in [3.8, 4) is 0 Å². The van der Waals surface area contributed by atoms with E-state index in [1.165, 1.54) is 30.5 Å². The van der Waals surface area contributed by atoms with E-state index in [1.807, 2.05) is 5.32 Å². The highest BCUT2D eigenvalue weighted by atomic mass is 19.4. The van der Waals surface area contributed by atoms with Crippen LogP contribution in [0.3, 0.4) is 0 Å². The number of hydrogen-bond acceptors (Lipinski definition) is 2. The third kappa shape index (κ3) is 2.09. The molecule has 0 bridgehead atoms. The van der Waals surface area contributed by atoms with E-state index in [9.17, 15) is 18.0 Å². The van der Waals surface area contributed by atoms with Crippen molar-refractivity contribution in [2.45, 2.75) is 18.8 Å². The summed E-state index contributed by atoms with van der Waals surface area (Å²) >= 11 is 0. The molecule has 0 aliphatic carbocycles. The Morgan fingerprint density at radius 2 is 1.86 bits per heavy atom. The first-order valence-corrected chi connectivity index (χ1v) is 6.53. The van der Waals surface area contributed by atoms with Crippen molar-refractivity contribution in [2.75, 3.05) is 0 Å². The van der Waals surface area contributed by atoms with Crippen molar-refractivity contribution < 1.29 is 18.0 Å². The molecular weight excluding hydrogens is 295 g/mol. The number of rotatable bonds is 1. The number of aliphatic imine (C=N–C) groups is 1. The predicted molar refractivity (Wildman–Crippen MR) is 75.0 cm³/mol. The number of nitrogens with one attached hydrogen (secondary N) is 1. The highest BCUT2D eigenvalue weighted by Crippen LogP contribution is 2.42. The molecule has 1 unspecified atom stereocenters. The van der Waals surface area contributed by atoms with Crippen molar-refractivity contribution >= 4 is 11.9 Å². The van der Waals surface area contributed by atoms with E-state index in [0.717, 1.165) is 10.5 Å². The Bertz CT molecular complexity index is 704. The summed E-state index contributed by atoms with van der Waals surface area (Å²) in [4.78, 5) is 16.9. The van der Waals surface area contributed by atoms with Crippen LogP contribution in [-0.2, 0) is 5.66 Å². The molecule has 0 radical (unpaired) electrons. The molecule has 1 atom stereocenters. The topological polar surface area (TPSA) is 44.7 Å². The quantitative estimate of drug-likeness (QED) is 0.850. The van der Waals surface area contributed by atoms with E-state index in [4.69, 9.17) is 0 Å². The number of aryl methyl sites for hydroxylation is 1. The number of amidine groups is 1. The molecule has 2 aliphatic heterocycles. The zero-order valence-corrected chi connectivity index (χ0v) is 11.6. The number of carbonyl (C=O) groups is 1. The van der Waals surface area contributed by atoms with Gasteiger partial charge in [-0.1, -0.05) is 35.9 Å². The lowest BCUT2D eigenvalue weighted by molar-refractivity contribution is -0.196. The number of hydrogen-bond donors (Lipinski definition) is 1. The smallest absolute Gasteiger partial charge is 0.301 e. The molecule has 114 valence electrons. The minimum absolute atomic E-state index is 0.0517. The third-order valence-electron chi connectivity index (χ3n) is 3.51. The van der Waals surface area contributed by atoms with Gasteiger partial charge in [0.25, 0.3) is 5.66 Å². The molecular formula is C15H12F3N3O. The molecule has 7 heteroatoms. The van der Waals surface area contributed by atoms with Gasteiger partial charge in [0, 0.05) is 11.8 Å². The fraction of sp³-hybridized carbons (Fsp3) is 0.200. The molecule has 1 aromatic rings. The molecule has 0 fully saturated rings. The number of amides is 2. The van der Waals surface area contributed by atoms with Crippen LogP contribution < -0.4 is 5.32 Å². The summed E-state index contributed by atoms with van der Waals surface area (Å²) in [5, 5.41) is 1.99. The zero-order chi connectivity index (χ0) is 16.0. The summed E-state index contributed by atoms with van der Waals surface area (Å²) in [7, 11) is 0. The van der Waals surface area contributed by atoms with E-state index in [-0.39, 0.29) is 11.4 Å². The van der Waals surface area contributed by atoms with Crippen molar-refractivity contribution in [1.29, 1.82) is 0 Å². The molecule has 22 heavy (non-hydrogen) atoms. The second kappa shape index (κ2) is 4.72. The van der Waals surface area contributed by atoms with Gasteiger partial charge in [-0.15, -0.1) is 0 Å². The highest BCUT2D eigenvalue weighted by Gasteiger charge is 2.60. The Labute approximate surface area is 124 Å². The maximum absolute atomic E-state index is 13.7. The molecule has 0 saturated carbocycles. The van der Waals surface area contributed by atoms with Crippen molar-refractivity contribution in [3.05, 3.63) is 59.8 Å². The van der Waals surface area contributed by atoms with Gasteiger partial charge >= 0.3 is 12.2 Å². The lowest BCUT2D eigenvalue weighted by Crippen LogP contribution is -2.62. The van der Waals surface area contributed by atoms with Gasteiger partial charge in [0.15, 0.2) is 0 Å². The summed E-state index contributed by atoms with van der Waals surface area (Å²) in [6, 6.07) is 4.88. The number of benzene rings is 1. The largest absolute Gasteiger partial charge is 0.436 e. The SMILES string of the molecule is Cc1ccc(C2(C(F)(F)F)N=C3C=CC=CN3C(=O)N2)cc1. The molecule has 0 saturated heterocycles. The first kappa shape index (κ1) is 14.4. The van der Waals surface area contributed by atoms with Crippen LogP contribution in [0.2, 0.25) is 0 Å². The van der Waals surface area contributed by atoms with Crippen molar-refractivity contribution in [1.82, 2.24) is 10.2 Å². The van der Waals surface area contributed by atoms with Gasteiger partial charge in [0.1, 0.15) is 5.84 Å². The number of halogens is 3. The van der Waals surface area contributed by atoms with Gasteiger partial charge in [-0.2, -0.15) is 13.2 Å². The Balaban J connectivity index is 2.20. The van der Waals surface area contributed by atoms with Crippen LogP contribution in [-0.4, -0.2) is 22.9 Å². The number of carbonyl (C=O) groups excluding carboxylic acids is 1. The Morgan fingerprint density at radius 3 is 2.50 bits per heavy atom. The Morgan fingerprint density at radius 1 is 1.18 bits per heavy atom. The van der Waals surface area contributed by atoms with Gasteiger partial charge in [0.05, 0.1) is 0 Å². The molecule has 2 amide bonds. The number of fused-ring (bicyclic) bond motifs is 1. The number of nitrogens with zero attached hydrogens (tertiary/aromatic N) is 2. The van der Waals surface area contributed by atoms with E-state index < -0.39 is 17.9 Å². The molecule has 0 spiro atoms. The normalized spacial score (nSPS) is 23.9. The van der Waals surface area contributed by atoms with Crippen molar-refractivity contribution in [2.24, 2.45) is 4.99 Å². The monoisotopic (exact) mass is 307 g/mol. The third-order valence-corrected chi connectivity index (χ3v) is 3.51. The van der Waals surface area contributed by atoms with Crippen LogP contribution in [0.25, 0.3) is 0 Å². The summed E-state index contributed by atoms with van der Waals surface area (Å²) in [5.74, 6) is -0.0517. The van der Waals surface area contributed by atoms with Crippen LogP contribution in [0.4, 0.5) is 18.0 Å². The lowest BCUT2D eigenvalue weighted by atomic mass is 9.97. The summed E-state index contributed by atoms with van der Waals surface area (Å²) in [6.45, 7) is 1.77. The maximum Gasteiger partial charge on any atom is 0.436 e. The average Bonchev–Trinajstić information content (AvgIpc) is 2.46. The van der Waals surface area contributed by atoms with Gasteiger partial charge in [-0.3, -0.25) is 4.90 Å². The number of allylic oxidation sites excluding steroid dienone is 2. The molecule has 1 aromatic carbocycles. The summed E-state index contributed by atoms with van der Waals surface area (Å²) in [6.07, 6.45) is 1.04. The molecule has 2 aliphatic rings. The first-order valence-electron chi connectivity index (χ1n) is 6.53. The van der Waals surface area contributed by atoms with E-state index in [1.54, 1.807) is 25.1 Å². The molecule has 1 N–H and O–H groups in total. The minimum Gasteiger partial charge on any atom is -0.301 e. The average molecular weight is 307 g/mol. The maximum atomic E-state index is 13.7. The molecule has 4 nitrogen and oxygen atoms in total. The highest BCUT2D eigenvalue weighted by molar-refractivity contribution is 6.07. The second-order valence-electron chi connectivity index (χ2n) is 5.04. The van der Waals surface area contributed by atoms with Crippen LogP contribution in [0.5, 0.6) is 0 Å². The summed E-state index contributed by atoms with van der Waals surface area (Å²) < 4.78 is 41.2. The Hall–Kier alpha value is -2.57. The van der Waals surface area contributed by atoms with Gasteiger partial charge in [-0.05, 0) is 19.1 Å². The predicted octanol–water partition coefficient (Wildman–Crippen LogP) is 3.22.